The van der Waals surface area contributed by atoms with E-state index < -0.39 is 12.0 Å². The number of aromatic nitrogens is 4. The number of halogens is 3. The van der Waals surface area contributed by atoms with Crippen molar-refractivity contribution in [2.45, 2.75) is 75.0 Å². The van der Waals surface area contributed by atoms with Crippen LogP contribution in [-0.4, -0.2) is 38.4 Å². The van der Waals surface area contributed by atoms with Crippen molar-refractivity contribution < 1.29 is 17.9 Å². The third-order valence-electron chi connectivity index (χ3n) is 7.41. The van der Waals surface area contributed by atoms with E-state index in [4.69, 9.17) is 4.74 Å². The molecule has 3 unspecified atom stereocenters. The maximum atomic E-state index is 13.4. The lowest BCUT2D eigenvalue weighted by molar-refractivity contribution is -0.146. The number of piperidine rings is 1. The van der Waals surface area contributed by atoms with Gasteiger partial charge in [-0.05, 0) is 72.7 Å². The number of fused-ring (bicyclic) bond motifs is 2. The molecule has 2 saturated heterocycles. The number of hydrogen-bond donors (Lipinski definition) is 2. The first-order valence-electron chi connectivity index (χ1n) is 12.1. The highest BCUT2D eigenvalue weighted by molar-refractivity contribution is 5.45. The molecular formula is C25H27F3N6O. The first kappa shape index (κ1) is 22.5. The lowest BCUT2D eigenvalue weighted by atomic mass is 9.79. The Balaban J connectivity index is 1.30. The summed E-state index contributed by atoms with van der Waals surface area (Å²) in [5.74, 6) is -0.462. The van der Waals surface area contributed by atoms with Gasteiger partial charge >= 0.3 is 6.18 Å². The molecule has 10 heteroatoms. The molecule has 0 radical (unpaired) electrons. The van der Waals surface area contributed by atoms with E-state index in [0.29, 0.717) is 18.3 Å². The quantitative estimate of drug-likeness (QED) is 0.526. The van der Waals surface area contributed by atoms with Crippen LogP contribution in [0.25, 0.3) is 5.69 Å². The minimum atomic E-state index is -4.65. The molecule has 184 valence electrons. The molecule has 1 aromatic heterocycles. The third kappa shape index (κ3) is 4.29. The summed E-state index contributed by atoms with van der Waals surface area (Å²) in [6, 6.07) is 16.2. The summed E-state index contributed by atoms with van der Waals surface area (Å²) >= 11 is 0. The molecule has 2 N–H and O–H groups in total. The van der Waals surface area contributed by atoms with Crippen LogP contribution in [0, 0.1) is 0 Å². The fourth-order valence-corrected chi connectivity index (χ4v) is 5.54. The number of hydrogen-bond acceptors (Lipinski definition) is 6. The molecule has 2 aliphatic heterocycles. The van der Waals surface area contributed by atoms with Crippen molar-refractivity contribution in [3.05, 3.63) is 65.5 Å². The van der Waals surface area contributed by atoms with Gasteiger partial charge in [-0.25, -0.2) is 0 Å². The molecule has 1 saturated carbocycles. The minimum Gasteiger partial charge on any atom is -0.490 e. The summed E-state index contributed by atoms with van der Waals surface area (Å²) in [5.41, 5.74) is 2.16. The third-order valence-corrected chi connectivity index (χ3v) is 7.41. The van der Waals surface area contributed by atoms with Gasteiger partial charge in [0, 0.05) is 24.2 Å². The Kier molecular flexibility index (Phi) is 5.52. The molecule has 35 heavy (non-hydrogen) atoms. The summed E-state index contributed by atoms with van der Waals surface area (Å²) in [4.78, 5) is 0. The van der Waals surface area contributed by atoms with Crippen molar-refractivity contribution in [2.24, 2.45) is 0 Å². The summed E-state index contributed by atoms with van der Waals surface area (Å²) < 4.78 is 47.0. The molecule has 3 aromatic rings. The van der Waals surface area contributed by atoms with E-state index in [9.17, 15) is 13.2 Å². The van der Waals surface area contributed by atoms with Gasteiger partial charge in [-0.3, -0.25) is 0 Å². The maximum absolute atomic E-state index is 13.4. The second-order valence-electron chi connectivity index (χ2n) is 9.75. The molecule has 0 amide bonds. The fraction of sp³-hybridized carbons (Fsp3) is 0.480. The van der Waals surface area contributed by atoms with E-state index in [1.54, 1.807) is 18.2 Å². The average molecular weight is 485 g/mol. The Morgan fingerprint density at radius 2 is 1.89 bits per heavy atom. The van der Waals surface area contributed by atoms with Gasteiger partial charge in [0.25, 0.3) is 5.82 Å². The van der Waals surface area contributed by atoms with Crippen molar-refractivity contribution in [1.82, 2.24) is 30.8 Å². The van der Waals surface area contributed by atoms with Crippen LogP contribution in [0.1, 0.15) is 55.5 Å². The highest BCUT2D eigenvalue weighted by Gasteiger charge is 2.49. The first-order chi connectivity index (χ1) is 16.9. The van der Waals surface area contributed by atoms with Crippen LogP contribution in [0.15, 0.2) is 48.5 Å². The average Bonchev–Trinajstić information content (AvgIpc) is 3.39. The molecule has 3 heterocycles. The van der Waals surface area contributed by atoms with Crippen LogP contribution in [-0.2, 0) is 18.3 Å². The number of benzene rings is 2. The number of nitrogens with one attached hydrogen (secondary N) is 2. The standard InChI is InChI=1S/C25H27F3N6O/c26-25(27,28)23-31-32-33-34(23)19-7-10-21(35-20-8-9-20)16(14-19)15-29-22-11-6-18-12-13-24(22,30-18)17-4-2-1-3-5-17/h1-5,7,10,14,18,20,22,29-30H,6,8-9,11-13,15H2. The van der Waals surface area contributed by atoms with Crippen molar-refractivity contribution in [1.29, 1.82) is 0 Å². The zero-order chi connectivity index (χ0) is 24.0. The van der Waals surface area contributed by atoms with E-state index >= 15 is 0 Å². The van der Waals surface area contributed by atoms with Crippen molar-refractivity contribution >= 4 is 0 Å². The zero-order valence-electron chi connectivity index (χ0n) is 19.1. The lowest BCUT2D eigenvalue weighted by Crippen LogP contribution is -2.58. The predicted octanol–water partition coefficient (Wildman–Crippen LogP) is 4.12. The Hall–Kier alpha value is -2.98. The number of alkyl halides is 3. The number of nitrogens with zero attached hydrogens (tertiary/aromatic N) is 4. The summed E-state index contributed by atoms with van der Waals surface area (Å²) in [6.07, 6.45) is 1.80. The van der Waals surface area contributed by atoms with E-state index in [1.165, 1.54) is 5.56 Å². The van der Waals surface area contributed by atoms with Crippen LogP contribution >= 0.6 is 0 Å². The first-order valence-corrected chi connectivity index (χ1v) is 12.1. The van der Waals surface area contributed by atoms with E-state index in [0.717, 1.165) is 48.8 Å². The highest BCUT2D eigenvalue weighted by atomic mass is 19.4. The normalized spacial score (nSPS) is 26.1. The second kappa shape index (κ2) is 8.60. The van der Waals surface area contributed by atoms with Gasteiger partial charge in [0.1, 0.15) is 5.75 Å². The Morgan fingerprint density at radius 1 is 1.06 bits per heavy atom. The molecule has 3 atom stereocenters. The molecule has 1 aliphatic carbocycles. The SMILES string of the molecule is FC(F)(F)c1nnnn1-c1ccc(OC2CC2)c(CNC2CCC3CCC2(c2ccccc2)N3)c1. The summed E-state index contributed by atoms with van der Waals surface area (Å²) in [6.45, 7) is 0.463. The van der Waals surface area contributed by atoms with Crippen LogP contribution in [0.5, 0.6) is 5.75 Å². The highest BCUT2D eigenvalue weighted by Crippen LogP contribution is 2.43. The smallest absolute Gasteiger partial charge is 0.453 e. The number of tetrazole rings is 1. The van der Waals surface area contributed by atoms with Crippen LogP contribution < -0.4 is 15.4 Å². The fourth-order valence-electron chi connectivity index (χ4n) is 5.54. The summed E-state index contributed by atoms with van der Waals surface area (Å²) in [5, 5.41) is 17.6. The van der Waals surface area contributed by atoms with Gasteiger partial charge in [-0.2, -0.15) is 17.9 Å². The molecule has 3 fully saturated rings. The van der Waals surface area contributed by atoms with Gasteiger partial charge in [0.15, 0.2) is 0 Å². The largest absolute Gasteiger partial charge is 0.490 e. The molecule has 7 nitrogen and oxygen atoms in total. The zero-order valence-corrected chi connectivity index (χ0v) is 19.1. The predicted molar refractivity (Wildman–Crippen MR) is 122 cm³/mol. The monoisotopic (exact) mass is 484 g/mol. The molecule has 0 spiro atoms. The Bertz CT molecular complexity index is 1200. The van der Waals surface area contributed by atoms with Crippen LogP contribution in [0.2, 0.25) is 0 Å². The van der Waals surface area contributed by atoms with Crippen LogP contribution in [0.4, 0.5) is 13.2 Å². The van der Waals surface area contributed by atoms with Gasteiger partial charge in [-0.1, -0.05) is 30.3 Å². The van der Waals surface area contributed by atoms with Gasteiger partial charge in [0.05, 0.1) is 17.3 Å². The van der Waals surface area contributed by atoms with Crippen molar-refractivity contribution in [3.63, 3.8) is 0 Å². The summed E-state index contributed by atoms with van der Waals surface area (Å²) in [7, 11) is 0. The van der Waals surface area contributed by atoms with Gasteiger partial charge < -0.3 is 15.4 Å². The van der Waals surface area contributed by atoms with E-state index in [2.05, 4.69) is 50.4 Å². The van der Waals surface area contributed by atoms with Gasteiger partial charge in [0.2, 0.25) is 0 Å². The second-order valence-corrected chi connectivity index (χ2v) is 9.75. The van der Waals surface area contributed by atoms with Crippen LogP contribution in [0.3, 0.4) is 0 Å². The molecule has 6 rings (SSSR count). The maximum Gasteiger partial charge on any atom is 0.453 e. The topological polar surface area (TPSA) is 76.9 Å². The van der Waals surface area contributed by atoms with Gasteiger partial charge in [-0.15, -0.1) is 5.10 Å². The molecule has 3 aliphatic rings. The molecule has 2 bridgehead atoms. The number of ether oxygens (including phenoxy) is 1. The number of rotatable bonds is 7. The van der Waals surface area contributed by atoms with E-state index in [1.807, 2.05) is 6.07 Å². The molecule has 2 aromatic carbocycles. The molecular weight excluding hydrogens is 457 g/mol. The van der Waals surface area contributed by atoms with E-state index in [-0.39, 0.29) is 23.4 Å². The van der Waals surface area contributed by atoms with Crippen molar-refractivity contribution in [3.8, 4) is 11.4 Å². The Morgan fingerprint density at radius 3 is 2.66 bits per heavy atom. The van der Waals surface area contributed by atoms with Crippen molar-refractivity contribution in [2.75, 3.05) is 0 Å². The minimum absolute atomic E-state index is 0.154. The lowest BCUT2D eigenvalue weighted by Gasteiger charge is -2.43. The Labute approximate surface area is 201 Å².